The first-order valence-electron chi connectivity index (χ1n) is 11.5. The molecule has 3 aliphatic rings. The molecule has 0 amide bonds. The standard InChI is InChI=1S/C25H34N2O3/c1-4-6-7-24(28)30-25(23-14-18-11-13-27(23)16-17(18)5-2)20-10-12-26-22-9-8-19(29-3)15-21(20)22/h8-10,12,15,17-18,23,25H,4-7,11,13-14,16H2,1-3H3. The molecule has 2 aromatic rings. The zero-order valence-corrected chi connectivity index (χ0v) is 18.5. The third-order valence-electron chi connectivity index (χ3n) is 7.09. The Bertz CT molecular complexity index is 884. The lowest BCUT2D eigenvalue weighted by atomic mass is 9.72. The van der Waals surface area contributed by atoms with Gasteiger partial charge in [0.05, 0.1) is 18.7 Å². The molecule has 3 aliphatic heterocycles. The van der Waals surface area contributed by atoms with Crippen molar-refractivity contribution in [3.8, 4) is 5.75 Å². The number of carbonyl (C=O) groups excluding carboxylic acids is 1. The van der Waals surface area contributed by atoms with Crippen LogP contribution in [0.3, 0.4) is 0 Å². The highest BCUT2D eigenvalue weighted by atomic mass is 16.5. The van der Waals surface area contributed by atoms with Crippen molar-refractivity contribution in [3.63, 3.8) is 0 Å². The van der Waals surface area contributed by atoms with Gasteiger partial charge in [-0.15, -0.1) is 0 Å². The highest BCUT2D eigenvalue weighted by molar-refractivity contribution is 5.84. The van der Waals surface area contributed by atoms with Crippen LogP contribution in [-0.4, -0.2) is 42.1 Å². The largest absolute Gasteiger partial charge is 0.497 e. The second-order valence-electron chi connectivity index (χ2n) is 8.81. The van der Waals surface area contributed by atoms with E-state index in [0.29, 0.717) is 6.42 Å². The average molecular weight is 411 g/mol. The Morgan fingerprint density at radius 2 is 2.17 bits per heavy atom. The molecule has 162 valence electrons. The second kappa shape index (κ2) is 9.34. The summed E-state index contributed by atoms with van der Waals surface area (Å²) in [7, 11) is 1.68. The minimum absolute atomic E-state index is 0.0932. The van der Waals surface area contributed by atoms with E-state index in [1.165, 1.54) is 12.8 Å². The van der Waals surface area contributed by atoms with Crippen LogP contribution in [0.1, 0.15) is 64.0 Å². The van der Waals surface area contributed by atoms with Gasteiger partial charge < -0.3 is 9.47 Å². The smallest absolute Gasteiger partial charge is 0.306 e. The Labute approximate surface area is 179 Å². The van der Waals surface area contributed by atoms with Gasteiger partial charge in [0.15, 0.2) is 0 Å². The van der Waals surface area contributed by atoms with Crippen LogP contribution < -0.4 is 4.74 Å². The molecule has 30 heavy (non-hydrogen) atoms. The number of fused-ring (bicyclic) bond motifs is 4. The number of methoxy groups -OCH3 is 1. The van der Waals surface area contributed by atoms with Gasteiger partial charge in [-0.2, -0.15) is 0 Å². The number of unbranched alkanes of at least 4 members (excludes halogenated alkanes) is 1. The molecular formula is C25H34N2O3. The third-order valence-corrected chi connectivity index (χ3v) is 7.09. The Morgan fingerprint density at radius 3 is 2.87 bits per heavy atom. The fourth-order valence-corrected chi connectivity index (χ4v) is 5.35. The van der Waals surface area contributed by atoms with Crippen LogP contribution in [0.15, 0.2) is 30.5 Å². The number of ether oxygens (including phenoxy) is 2. The van der Waals surface area contributed by atoms with E-state index in [2.05, 4.69) is 23.7 Å². The van der Waals surface area contributed by atoms with E-state index in [0.717, 1.165) is 66.4 Å². The summed E-state index contributed by atoms with van der Waals surface area (Å²) in [5, 5.41) is 1.01. The summed E-state index contributed by atoms with van der Waals surface area (Å²) in [6.07, 6.45) is 7.48. The molecule has 3 fully saturated rings. The van der Waals surface area contributed by atoms with Crippen molar-refractivity contribution in [1.82, 2.24) is 9.88 Å². The first-order chi connectivity index (χ1) is 14.6. The molecule has 0 aliphatic carbocycles. The van der Waals surface area contributed by atoms with Crippen LogP contribution in [-0.2, 0) is 9.53 Å². The number of benzene rings is 1. The summed E-state index contributed by atoms with van der Waals surface area (Å²) in [6.45, 7) is 6.61. The van der Waals surface area contributed by atoms with Crippen molar-refractivity contribution < 1.29 is 14.3 Å². The van der Waals surface area contributed by atoms with Crippen molar-refractivity contribution >= 4 is 16.9 Å². The maximum Gasteiger partial charge on any atom is 0.306 e. The maximum absolute atomic E-state index is 12.7. The number of aromatic nitrogens is 1. The number of nitrogens with zero attached hydrogens (tertiary/aromatic N) is 2. The van der Waals surface area contributed by atoms with Gasteiger partial charge in [0, 0.05) is 30.1 Å². The zero-order chi connectivity index (χ0) is 21.1. The van der Waals surface area contributed by atoms with E-state index in [4.69, 9.17) is 9.47 Å². The normalized spacial score (nSPS) is 26.5. The van der Waals surface area contributed by atoms with Gasteiger partial charge in [-0.3, -0.25) is 14.7 Å². The fourth-order valence-electron chi connectivity index (χ4n) is 5.35. The molecule has 0 spiro atoms. The van der Waals surface area contributed by atoms with E-state index >= 15 is 0 Å². The van der Waals surface area contributed by atoms with Crippen molar-refractivity contribution in [2.45, 2.75) is 64.5 Å². The minimum atomic E-state index is -0.271. The molecule has 5 heteroatoms. The molecule has 5 rings (SSSR count). The summed E-state index contributed by atoms with van der Waals surface area (Å²) in [5.74, 6) is 2.19. The highest BCUT2D eigenvalue weighted by Gasteiger charge is 2.44. The Morgan fingerprint density at radius 1 is 1.30 bits per heavy atom. The van der Waals surface area contributed by atoms with Gasteiger partial charge in [-0.1, -0.05) is 26.7 Å². The summed E-state index contributed by atoms with van der Waals surface area (Å²) in [6, 6.07) is 8.19. The lowest BCUT2D eigenvalue weighted by Gasteiger charge is -2.51. The van der Waals surface area contributed by atoms with Crippen molar-refractivity contribution in [2.75, 3.05) is 20.2 Å². The molecule has 4 heterocycles. The summed E-state index contributed by atoms with van der Waals surface area (Å²) in [5.41, 5.74) is 1.96. The number of pyridine rings is 1. The molecule has 5 unspecified atom stereocenters. The second-order valence-corrected chi connectivity index (χ2v) is 8.81. The van der Waals surface area contributed by atoms with Crippen LogP contribution in [0.2, 0.25) is 0 Å². The van der Waals surface area contributed by atoms with E-state index < -0.39 is 0 Å². The Kier molecular flexibility index (Phi) is 6.57. The Hall–Kier alpha value is -2.14. The number of carbonyl (C=O) groups is 1. The van der Waals surface area contributed by atoms with Gasteiger partial charge >= 0.3 is 5.97 Å². The molecule has 1 aromatic heterocycles. The maximum atomic E-state index is 12.7. The quantitative estimate of drug-likeness (QED) is 0.564. The van der Waals surface area contributed by atoms with Gasteiger partial charge in [0.2, 0.25) is 0 Å². The van der Waals surface area contributed by atoms with E-state index in [1.807, 2.05) is 30.5 Å². The van der Waals surface area contributed by atoms with Crippen LogP contribution in [0.4, 0.5) is 0 Å². The van der Waals surface area contributed by atoms with Crippen molar-refractivity contribution in [3.05, 3.63) is 36.0 Å². The molecular weight excluding hydrogens is 376 g/mol. The van der Waals surface area contributed by atoms with Gasteiger partial charge in [-0.25, -0.2) is 0 Å². The highest BCUT2D eigenvalue weighted by Crippen LogP contribution is 2.44. The SMILES string of the molecule is CCCCC(=O)OC(c1ccnc2ccc(OC)cc12)C1CC2CCN1CC2CC. The van der Waals surface area contributed by atoms with Crippen molar-refractivity contribution in [2.24, 2.45) is 11.8 Å². The average Bonchev–Trinajstić information content (AvgIpc) is 2.80. The number of rotatable bonds is 8. The lowest BCUT2D eigenvalue weighted by Crippen LogP contribution is -2.55. The summed E-state index contributed by atoms with van der Waals surface area (Å²) >= 11 is 0. The Balaban J connectivity index is 1.71. The number of hydrogen-bond acceptors (Lipinski definition) is 5. The molecule has 3 saturated heterocycles. The topological polar surface area (TPSA) is 51.7 Å². The third kappa shape index (κ3) is 4.18. The monoisotopic (exact) mass is 410 g/mol. The number of piperidine rings is 3. The van der Waals surface area contributed by atoms with E-state index in [-0.39, 0.29) is 18.1 Å². The zero-order valence-electron chi connectivity index (χ0n) is 18.5. The van der Waals surface area contributed by atoms with Crippen LogP contribution in [0, 0.1) is 11.8 Å². The summed E-state index contributed by atoms with van der Waals surface area (Å²) < 4.78 is 11.7. The lowest BCUT2D eigenvalue weighted by molar-refractivity contribution is -0.158. The molecule has 1 aromatic carbocycles. The fraction of sp³-hybridized carbons (Fsp3) is 0.600. The van der Waals surface area contributed by atoms with Gasteiger partial charge in [0.25, 0.3) is 0 Å². The van der Waals surface area contributed by atoms with E-state index in [9.17, 15) is 4.79 Å². The van der Waals surface area contributed by atoms with Crippen LogP contribution in [0.25, 0.3) is 10.9 Å². The van der Waals surface area contributed by atoms with Gasteiger partial charge in [0.1, 0.15) is 11.9 Å². The summed E-state index contributed by atoms with van der Waals surface area (Å²) in [4.78, 5) is 19.8. The van der Waals surface area contributed by atoms with Gasteiger partial charge in [-0.05, 0) is 61.9 Å². The van der Waals surface area contributed by atoms with Crippen LogP contribution >= 0.6 is 0 Å². The first-order valence-corrected chi connectivity index (χ1v) is 11.5. The molecule has 5 nitrogen and oxygen atoms in total. The first kappa shape index (κ1) is 21.1. The minimum Gasteiger partial charge on any atom is -0.497 e. The number of hydrogen-bond donors (Lipinski definition) is 0. The predicted molar refractivity (Wildman–Crippen MR) is 119 cm³/mol. The molecule has 0 radical (unpaired) electrons. The molecule has 0 N–H and O–H groups in total. The number of esters is 1. The van der Waals surface area contributed by atoms with E-state index in [1.54, 1.807) is 7.11 Å². The van der Waals surface area contributed by atoms with Crippen molar-refractivity contribution in [1.29, 1.82) is 0 Å². The van der Waals surface area contributed by atoms with Crippen LogP contribution in [0.5, 0.6) is 5.75 Å². The molecule has 5 atom stereocenters. The molecule has 2 bridgehead atoms. The predicted octanol–water partition coefficient (Wildman–Crippen LogP) is 5.14. The molecule has 0 saturated carbocycles.